The number of benzene rings is 2. The third kappa shape index (κ3) is 5.06. The van der Waals surface area contributed by atoms with Crippen LogP contribution in [0.1, 0.15) is 31.7 Å². The lowest BCUT2D eigenvalue weighted by Gasteiger charge is -2.36. The third-order valence-electron chi connectivity index (χ3n) is 6.94. The molecular formula is C26H35N5O3S. The van der Waals surface area contributed by atoms with Gasteiger partial charge in [-0.15, -0.1) is 0 Å². The van der Waals surface area contributed by atoms with Crippen molar-refractivity contribution < 1.29 is 13.2 Å². The molecule has 2 heterocycles. The van der Waals surface area contributed by atoms with Crippen molar-refractivity contribution in [3.05, 3.63) is 53.9 Å². The van der Waals surface area contributed by atoms with E-state index >= 15 is 0 Å². The summed E-state index contributed by atoms with van der Waals surface area (Å²) in [6.07, 6.45) is 0.895. The molecule has 1 aromatic heterocycles. The highest BCUT2D eigenvalue weighted by Gasteiger charge is 2.24. The lowest BCUT2D eigenvalue weighted by molar-refractivity contribution is -0.131. The zero-order chi connectivity index (χ0) is 25.2. The van der Waals surface area contributed by atoms with Crippen LogP contribution < -0.4 is 4.90 Å². The Labute approximate surface area is 208 Å². The highest BCUT2D eigenvalue weighted by molar-refractivity contribution is 7.89. The number of para-hydroxylation sites is 1. The van der Waals surface area contributed by atoms with Gasteiger partial charge >= 0.3 is 0 Å². The number of hydrogen-bond acceptors (Lipinski definition) is 5. The molecule has 188 valence electrons. The van der Waals surface area contributed by atoms with Crippen molar-refractivity contribution in [2.24, 2.45) is 7.05 Å². The Balaban J connectivity index is 1.41. The molecule has 0 radical (unpaired) electrons. The molecule has 8 nitrogen and oxygen atoms in total. The second-order valence-electron chi connectivity index (χ2n) is 8.98. The molecule has 1 amide bonds. The first-order valence-electron chi connectivity index (χ1n) is 12.3. The lowest BCUT2D eigenvalue weighted by atomic mass is 10.1. The van der Waals surface area contributed by atoms with Crippen molar-refractivity contribution in [3.63, 3.8) is 0 Å². The van der Waals surface area contributed by atoms with Crippen LogP contribution >= 0.6 is 0 Å². The predicted molar refractivity (Wildman–Crippen MR) is 139 cm³/mol. The highest BCUT2D eigenvalue weighted by atomic mass is 32.2. The van der Waals surface area contributed by atoms with E-state index in [1.807, 2.05) is 36.4 Å². The number of piperazine rings is 1. The number of amides is 1. The smallest absolute Gasteiger partial charge is 0.243 e. The van der Waals surface area contributed by atoms with E-state index < -0.39 is 10.0 Å². The van der Waals surface area contributed by atoms with Crippen molar-refractivity contribution in [1.29, 1.82) is 0 Å². The topological polar surface area (TPSA) is 78.8 Å². The Bertz CT molecular complexity index is 1310. The summed E-state index contributed by atoms with van der Waals surface area (Å²) in [6, 6.07) is 13.4. The standard InChI is InChI=1S/C26H35N5O3S/c1-5-31(6-2)35(33,34)21-11-12-24-22(19-21)27-25(28(24)4)13-14-26(32)30-17-15-29(16-18-30)23-10-8-7-9-20(23)3/h7-12,19H,5-6,13-18H2,1-4H3. The van der Waals surface area contributed by atoms with E-state index in [0.717, 1.165) is 24.4 Å². The molecule has 3 aromatic rings. The average Bonchev–Trinajstić information content (AvgIpc) is 3.18. The Morgan fingerprint density at radius 2 is 1.71 bits per heavy atom. The van der Waals surface area contributed by atoms with E-state index in [-0.39, 0.29) is 10.8 Å². The van der Waals surface area contributed by atoms with Crippen molar-refractivity contribution in [1.82, 2.24) is 18.8 Å². The summed E-state index contributed by atoms with van der Waals surface area (Å²) in [4.78, 5) is 22.1. The first-order valence-corrected chi connectivity index (χ1v) is 13.7. The van der Waals surface area contributed by atoms with Crippen LogP contribution in [0.2, 0.25) is 0 Å². The Hall–Kier alpha value is -2.91. The van der Waals surface area contributed by atoms with Crippen LogP contribution in [0.25, 0.3) is 11.0 Å². The van der Waals surface area contributed by atoms with Gasteiger partial charge in [0, 0.05) is 64.8 Å². The van der Waals surface area contributed by atoms with Gasteiger partial charge in [0.15, 0.2) is 0 Å². The summed E-state index contributed by atoms with van der Waals surface area (Å²) in [7, 11) is -1.63. The van der Waals surface area contributed by atoms with Gasteiger partial charge in [0.25, 0.3) is 0 Å². The van der Waals surface area contributed by atoms with Crippen LogP contribution in [0.5, 0.6) is 0 Å². The minimum atomic E-state index is -3.54. The van der Waals surface area contributed by atoms with E-state index in [0.29, 0.717) is 44.5 Å². The number of anilines is 1. The average molecular weight is 498 g/mol. The minimum Gasteiger partial charge on any atom is -0.368 e. The van der Waals surface area contributed by atoms with Gasteiger partial charge in [-0.05, 0) is 36.8 Å². The number of imidazole rings is 1. The van der Waals surface area contributed by atoms with Crippen molar-refractivity contribution >= 4 is 32.7 Å². The van der Waals surface area contributed by atoms with Crippen molar-refractivity contribution in [2.45, 2.75) is 38.5 Å². The maximum Gasteiger partial charge on any atom is 0.243 e. The van der Waals surface area contributed by atoms with Gasteiger partial charge in [0.05, 0.1) is 15.9 Å². The summed E-state index contributed by atoms with van der Waals surface area (Å²) in [5, 5.41) is 0. The second kappa shape index (κ2) is 10.4. The zero-order valence-corrected chi connectivity index (χ0v) is 21.9. The van der Waals surface area contributed by atoms with E-state index in [1.54, 1.807) is 18.2 Å². The van der Waals surface area contributed by atoms with Crippen LogP contribution in [0.3, 0.4) is 0 Å². The zero-order valence-electron chi connectivity index (χ0n) is 21.1. The first-order chi connectivity index (χ1) is 16.8. The SMILES string of the molecule is CCN(CC)S(=O)(=O)c1ccc2c(c1)nc(CCC(=O)N1CCN(c3ccccc3C)CC1)n2C. The van der Waals surface area contributed by atoms with Gasteiger partial charge in [-0.1, -0.05) is 32.0 Å². The fourth-order valence-electron chi connectivity index (χ4n) is 4.82. The van der Waals surface area contributed by atoms with Gasteiger partial charge in [-0.2, -0.15) is 4.31 Å². The largest absolute Gasteiger partial charge is 0.368 e. The molecule has 1 saturated heterocycles. The Kier molecular flexibility index (Phi) is 7.47. The highest BCUT2D eigenvalue weighted by Crippen LogP contribution is 2.24. The molecule has 0 unspecified atom stereocenters. The number of nitrogens with zero attached hydrogens (tertiary/aromatic N) is 5. The number of aryl methyl sites for hydroxylation is 3. The fourth-order valence-corrected chi connectivity index (χ4v) is 6.30. The normalized spacial score (nSPS) is 14.8. The number of sulfonamides is 1. The third-order valence-corrected chi connectivity index (χ3v) is 8.98. The number of fused-ring (bicyclic) bond motifs is 1. The summed E-state index contributed by atoms with van der Waals surface area (Å²) < 4.78 is 29.2. The molecule has 1 aliphatic rings. The molecule has 0 N–H and O–H groups in total. The van der Waals surface area contributed by atoms with Crippen LogP contribution in [0.15, 0.2) is 47.4 Å². The van der Waals surface area contributed by atoms with E-state index in [4.69, 9.17) is 0 Å². The maximum atomic E-state index is 12.9. The Morgan fingerprint density at radius 3 is 2.37 bits per heavy atom. The van der Waals surface area contributed by atoms with E-state index in [1.165, 1.54) is 15.6 Å². The van der Waals surface area contributed by atoms with E-state index in [9.17, 15) is 13.2 Å². The van der Waals surface area contributed by atoms with Gasteiger partial charge in [0.2, 0.25) is 15.9 Å². The number of carbonyl (C=O) groups is 1. The number of hydrogen-bond donors (Lipinski definition) is 0. The van der Waals surface area contributed by atoms with Crippen LogP contribution in [-0.4, -0.2) is 72.3 Å². The van der Waals surface area contributed by atoms with E-state index in [2.05, 4.69) is 35.0 Å². The van der Waals surface area contributed by atoms with Gasteiger partial charge < -0.3 is 14.4 Å². The summed E-state index contributed by atoms with van der Waals surface area (Å²) in [6.45, 7) is 9.70. The van der Waals surface area contributed by atoms with Crippen LogP contribution in [-0.2, 0) is 28.3 Å². The summed E-state index contributed by atoms with van der Waals surface area (Å²) >= 11 is 0. The summed E-state index contributed by atoms with van der Waals surface area (Å²) in [5.74, 6) is 0.913. The van der Waals surface area contributed by atoms with Crippen molar-refractivity contribution in [2.75, 3.05) is 44.2 Å². The number of carbonyl (C=O) groups excluding carboxylic acids is 1. The minimum absolute atomic E-state index is 0.131. The maximum absolute atomic E-state index is 12.9. The number of aromatic nitrogens is 2. The van der Waals surface area contributed by atoms with Crippen LogP contribution in [0.4, 0.5) is 5.69 Å². The molecule has 35 heavy (non-hydrogen) atoms. The Morgan fingerprint density at radius 1 is 1.03 bits per heavy atom. The molecule has 4 rings (SSSR count). The molecule has 1 fully saturated rings. The van der Waals surface area contributed by atoms with Gasteiger partial charge in [0.1, 0.15) is 5.82 Å². The first kappa shape index (κ1) is 25.2. The molecule has 0 atom stereocenters. The lowest BCUT2D eigenvalue weighted by Crippen LogP contribution is -2.49. The second-order valence-corrected chi connectivity index (χ2v) is 10.9. The van der Waals surface area contributed by atoms with Gasteiger partial charge in [-0.3, -0.25) is 4.79 Å². The predicted octanol–water partition coefficient (Wildman–Crippen LogP) is 3.19. The molecule has 0 bridgehead atoms. The van der Waals surface area contributed by atoms with Gasteiger partial charge in [-0.25, -0.2) is 13.4 Å². The quantitative estimate of drug-likeness (QED) is 0.478. The monoisotopic (exact) mass is 497 g/mol. The number of rotatable bonds is 8. The summed E-state index contributed by atoms with van der Waals surface area (Å²) in [5.41, 5.74) is 3.98. The molecule has 9 heteroatoms. The van der Waals surface area contributed by atoms with Crippen molar-refractivity contribution in [3.8, 4) is 0 Å². The van der Waals surface area contributed by atoms with Crippen LogP contribution in [0, 0.1) is 6.92 Å². The molecule has 0 spiro atoms. The molecule has 1 aliphatic heterocycles. The fraction of sp³-hybridized carbons (Fsp3) is 0.462. The molecule has 2 aromatic carbocycles. The molecular weight excluding hydrogens is 462 g/mol. The molecule has 0 saturated carbocycles. The molecule has 0 aliphatic carbocycles.